The molecule has 1 heterocycles. The number of carbonyl (C=O) groups excluding carboxylic acids is 1. The topological polar surface area (TPSA) is 75.7 Å². The van der Waals surface area contributed by atoms with Crippen molar-refractivity contribution in [3.05, 3.63) is 35.9 Å². The number of piperidine rings is 1. The maximum Gasteiger partial charge on any atom is 0.246 e. The molecule has 1 aromatic rings. The third kappa shape index (κ3) is 4.74. The van der Waals surface area contributed by atoms with Crippen molar-refractivity contribution < 1.29 is 17.9 Å². The van der Waals surface area contributed by atoms with Gasteiger partial charge in [0, 0.05) is 24.7 Å². The van der Waals surface area contributed by atoms with Crippen LogP contribution in [-0.2, 0) is 14.8 Å². The van der Waals surface area contributed by atoms with Crippen molar-refractivity contribution in [1.82, 2.24) is 9.62 Å². The SMILES string of the molecule is C=CCNC(=O)[C@H]1CCCN(S(=O)(=O)c2cc(Cl)ccc2OCC)C1. The number of halogens is 1. The lowest BCUT2D eigenvalue weighted by molar-refractivity contribution is -0.125. The molecule has 1 aromatic carbocycles. The summed E-state index contributed by atoms with van der Waals surface area (Å²) in [4.78, 5) is 12.2. The van der Waals surface area contributed by atoms with E-state index in [0.717, 1.165) is 0 Å². The highest BCUT2D eigenvalue weighted by atomic mass is 35.5. The molecule has 1 amide bonds. The second-order valence-electron chi connectivity index (χ2n) is 5.76. The van der Waals surface area contributed by atoms with Gasteiger partial charge in [-0.3, -0.25) is 4.79 Å². The summed E-state index contributed by atoms with van der Waals surface area (Å²) >= 11 is 5.99. The fraction of sp³-hybridized carbons (Fsp3) is 0.471. The predicted molar refractivity (Wildman–Crippen MR) is 97.3 cm³/mol. The Labute approximate surface area is 153 Å². The third-order valence-corrected chi connectivity index (χ3v) is 6.12. The Morgan fingerprint density at radius 3 is 2.96 bits per heavy atom. The van der Waals surface area contributed by atoms with Crippen LogP contribution in [0, 0.1) is 5.92 Å². The normalized spacial score (nSPS) is 18.6. The number of rotatable bonds is 7. The molecule has 1 N–H and O–H groups in total. The smallest absolute Gasteiger partial charge is 0.246 e. The molecule has 2 rings (SSSR count). The van der Waals surface area contributed by atoms with E-state index in [4.69, 9.17) is 16.3 Å². The summed E-state index contributed by atoms with van der Waals surface area (Å²) in [6.07, 6.45) is 2.87. The van der Waals surface area contributed by atoms with Gasteiger partial charge in [-0.2, -0.15) is 4.31 Å². The molecule has 0 spiro atoms. The van der Waals surface area contributed by atoms with Crippen molar-refractivity contribution in [2.24, 2.45) is 5.92 Å². The Morgan fingerprint density at radius 2 is 2.28 bits per heavy atom. The number of hydrogen-bond donors (Lipinski definition) is 1. The molecule has 8 heteroatoms. The summed E-state index contributed by atoms with van der Waals surface area (Å²) in [5.74, 6) is -0.265. The lowest BCUT2D eigenvalue weighted by atomic mass is 9.99. The summed E-state index contributed by atoms with van der Waals surface area (Å²) < 4.78 is 32.9. The van der Waals surface area contributed by atoms with Crippen LogP contribution >= 0.6 is 11.6 Å². The molecule has 138 valence electrons. The van der Waals surface area contributed by atoms with Crippen LogP contribution in [0.15, 0.2) is 35.7 Å². The van der Waals surface area contributed by atoms with E-state index in [1.807, 2.05) is 0 Å². The Balaban J connectivity index is 2.25. The first-order chi connectivity index (χ1) is 11.9. The fourth-order valence-electron chi connectivity index (χ4n) is 2.79. The highest BCUT2D eigenvalue weighted by Gasteiger charge is 2.34. The molecule has 0 radical (unpaired) electrons. The zero-order valence-electron chi connectivity index (χ0n) is 14.2. The number of ether oxygens (including phenoxy) is 1. The first kappa shape index (κ1) is 19.8. The minimum absolute atomic E-state index is 0.0361. The zero-order valence-corrected chi connectivity index (χ0v) is 15.8. The van der Waals surface area contributed by atoms with Crippen LogP contribution in [0.2, 0.25) is 5.02 Å². The van der Waals surface area contributed by atoms with Crippen molar-refractivity contribution in [3.63, 3.8) is 0 Å². The minimum Gasteiger partial charge on any atom is -0.492 e. The number of nitrogens with one attached hydrogen (secondary N) is 1. The summed E-state index contributed by atoms with van der Waals surface area (Å²) in [6, 6.07) is 4.54. The minimum atomic E-state index is -3.80. The van der Waals surface area contributed by atoms with E-state index in [1.54, 1.807) is 25.1 Å². The summed E-state index contributed by atoms with van der Waals surface area (Å²) in [5, 5.41) is 3.05. The largest absolute Gasteiger partial charge is 0.492 e. The van der Waals surface area contributed by atoms with Gasteiger partial charge in [-0.15, -0.1) is 6.58 Å². The van der Waals surface area contributed by atoms with Crippen molar-refractivity contribution in [2.75, 3.05) is 26.2 Å². The van der Waals surface area contributed by atoms with Crippen molar-refractivity contribution in [2.45, 2.75) is 24.7 Å². The third-order valence-electron chi connectivity index (χ3n) is 4.00. The first-order valence-electron chi connectivity index (χ1n) is 8.21. The van der Waals surface area contributed by atoms with Crippen LogP contribution < -0.4 is 10.1 Å². The van der Waals surface area contributed by atoms with Crippen molar-refractivity contribution >= 4 is 27.5 Å². The summed E-state index contributed by atoms with van der Waals surface area (Å²) in [5.41, 5.74) is 0. The molecular formula is C17H23ClN2O4S. The molecule has 1 aliphatic rings. The Bertz CT molecular complexity index is 736. The quantitative estimate of drug-likeness (QED) is 0.730. The molecule has 1 fully saturated rings. The van der Waals surface area contributed by atoms with Gasteiger partial charge < -0.3 is 10.1 Å². The molecule has 0 bridgehead atoms. The highest BCUT2D eigenvalue weighted by Crippen LogP contribution is 2.32. The molecule has 0 aromatic heterocycles. The standard InChI is InChI=1S/C17H23ClN2O4S/c1-3-9-19-17(21)13-6-5-10-20(12-13)25(22,23)16-11-14(18)7-8-15(16)24-4-2/h3,7-8,11,13H,1,4-6,9-10,12H2,2H3,(H,19,21)/t13-/m0/s1. The molecule has 0 aliphatic carbocycles. The maximum atomic E-state index is 13.1. The van der Waals surface area contributed by atoms with Gasteiger partial charge in [-0.1, -0.05) is 17.7 Å². The average Bonchev–Trinajstić information content (AvgIpc) is 2.61. The van der Waals surface area contributed by atoms with Crippen LogP contribution in [0.25, 0.3) is 0 Å². The van der Waals surface area contributed by atoms with Crippen LogP contribution in [0.5, 0.6) is 5.75 Å². The molecular weight excluding hydrogens is 364 g/mol. The number of benzene rings is 1. The van der Waals surface area contributed by atoms with E-state index in [9.17, 15) is 13.2 Å². The van der Waals surface area contributed by atoms with Crippen LogP contribution in [0.3, 0.4) is 0 Å². The van der Waals surface area contributed by atoms with Gasteiger partial charge in [0.05, 0.1) is 12.5 Å². The van der Waals surface area contributed by atoms with E-state index in [-0.39, 0.29) is 29.0 Å². The van der Waals surface area contributed by atoms with E-state index >= 15 is 0 Å². The molecule has 1 saturated heterocycles. The van der Waals surface area contributed by atoms with Gasteiger partial charge >= 0.3 is 0 Å². The van der Waals surface area contributed by atoms with E-state index in [1.165, 1.54) is 10.4 Å². The lowest BCUT2D eigenvalue weighted by Gasteiger charge is -2.31. The molecule has 25 heavy (non-hydrogen) atoms. The van der Waals surface area contributed by atoms with Crippen molar-refractivity contribution in [1.29, 1.82) is 0 Å². The number of hydrogen-bond acceptors (Lipinski definition) is 4. The van der Waals surface area contributed by atoms with Gasteiger partial charge in [0.1, 0.15) is 10.6 Å². The summed E-state index contributed by atoms with van der Waals surface area (Å²) in [7, 11) is -3.80. The Hall–Kier alpha value is -1.57. The lowest BCUT2D eigenvalue weighted by Crippen LogP contribution is -2.45. The number of nitrogens with zero attached hydrogens (tertiary/aromatic N) is 1. The number of amides is 1. The van der Waals surface area contributed by atoms with E-state index in [0.29, 0.717) is 37.6 Å². The van der Waals surface area contributed by atoms with E-state index in [2.05, 4.69) is 11.9 Å². The Kier molecular flexibility index (Phi) is 6.87. The average molecular weight is 387 g/mol. The molecule has 0 unspecified atom stereocenters. The molecule has 0 saturated carbocycles. The zero-order chi connectivity index (χ0) is 18.4. The van der Waals surface area contributed by atoms with Crippen LogP contribution in [0.4, 0.5) is 0 Å². The maximum absolute atomic E-state index is 13.1. The second kappa shape index (κ2) is 8.69. The second-order valence-corrected chi connectivity index (χ2v) is 8.10. The predicted octanol–water partition coefficient (Wildman–Crippen LogP) is 2.44. The van der Waals surface area contributed by atoms with Crippen LogP contribution in [0.1, 0.15) is 19.8 Å². The molecule has 1 atom stereocenters. The van der Waals surface area contributed by atoms with Gasteiger partial charge in [-0.05, 0) is 38.0 Å². The van der Waals surface area contributed by atoms with Gasteiger partial charge in [-0.25, -0.2) is 8.42 Å². The molecule has 6 nitrogen and oxygen atoms in total. The van der Waals surface area contributed by atoms with E-state index < -0.39 is 10.0 Å². The Morgan fingerprint density at radius 1 is 1.52 bits per heavy atom. The van der Waals surface area contributed by atoms with Crippen LogP contribution in [-0.4, -0.2) is 44.9 Å². The highest BCUT2D eigenvalue weighted by molar-refractivity contribution is 7.89. The monoisotopic (exact) mass is 386 g/mol. The van der Waals surface area contributed by atoms with Gasteiger partial charge in [0.15, 0.2) is 0 Å². The fourth-order valence-corrected chi connectivity index (χ4v) is 4.71. The van der Waals surface area contributed by atoms with Crippen molar-refractivity contribution in [3.8, 4) is 5.75 Å². The number of carbonyl (C=O) groups is 1. The number of sulfonamides is 1. The van der Waals surface area contributed by atoms with Gasteiger partial charge in [0.2, 0.25) is 15.9 Å². The first-order valence-corrected chi connectivity index (χ1v) is 10.0. The molecule has 1 aliphatic heterocycles. The van der Waals surface area contributed by atoms with Gasteiger partial charge in [0.25, 0.3) is 0 Å². The summed E-state index contributed by atoms with van der Waals surface area (Å²) in [6.45, 7) is 6.56.